The Morgan fingerprint density at radius 2 is 2.10 bits per heavy atom. The third-order valence-corrected chi connectivity index (χ3v) is 4.20. The average Bonchev–Trinajstić information content (AvgIpc) is 2.47. The van der Waals surface area contributed by atoms with Crippen molar-refractivity contribution in [2.75, 3.05) is 24.2 Å². The SMILES string of the molecule is CCOC(=O)c1cc(N)cc(Cl)c1NCC1CCCCC1. The van der Waals surface area contributed by atoms with Gasteiger partial charge in [0.05, 0.1) is 22.9 Å². The molecule has 21 heavy (non-hydrogen) atoms. The summed E-state index contributed by atoms with van der Waals surface area (Å²) in [5.74, 6) is 0.250. The normalized spacial score (nSPS) is 15.7. The first-order chi connectivity index (χ1) is 10.1. The van der Waals surface area contributed by atoms with E-state index in [9.17, 15) is 4.79 Å². The Labute approximate surface area is 131 Å². The smallest absolute Gasteiger partial charge is 0.340 e. The molecule has 1 aromatic rings. The second kappa shape index (κ2) is 7.55. The minimum Gasteiger partial charge on any atom is -0.462 e. The number of benzene rings is 1. The van der Waals surface area contributed by atoms with E-state index in [1.54, 1.807) is 19.1 Å². The molecule has 3 N–H and O–H groups in total. The Balaban J connectivity index is 2.14. The van der Waals surface area contributed by atoms with E-state index >= 15 is 0 Å². The number of anilines is 2. The maximum Gasteiger partial charge on any atom is 0.340 e. The van der Waals surface area contributed by atoms with Gasteiger partial charge in [-0.1, -0.05) is 30.9 Å². The number of hydrogen-bond donors (Lipinski definition) is 2. The average molecular weight is 311 g/mol. The number of halogens is 1. The van der Waals surface area contributed by atoms with Crippen molar-refractivity contribution in [2.45, 2.75) is 39.0 Å². The third-order valence-electron chi connectivity index (χ3n) is 3.90. The molecule has 1 aromatic carbocycles. The fraction of sp³-hybridized carbons (Fsp3) is 0.562. The highest BCUT2D eigenvalue weighted by Crippen LogP contribution is 2.31. The van der Waals surface area contributed by atoms with E-state index < -0.39 is 5.97 Å². The van der Waals surface area contributed by atoms with Crippen molar-refractivity contribution in [3.63, 3.8) is 0 Å². The molecule has 4 nitrogen and oxygen atoms in total. The molecule has 5 heteroatoms. The summed E-state index contributed by atoms with van der Waals surface area (Å²) in [6.07, 6.45) is 6.36. The Morgan fingerprint density at radius 3 is 2.76 bits per heavy atom. The molecule has 116 valence electrons. The van der Waals surface area contributed by atoms with Crippen molar-refractivity contribution in [1.29, 1.82) is 0 Å². The molecule has 0 amide bonds. The van der Waals surface area contributed by atoms with Crippen LogP contribution in [-0.2, 0) is 4.74 Å². The topological polar surface area (TPSA) is 64.3 Å². The summed E-state index contributed by atoms with van der Waals surface area (Å²) in [5, 5.41) is 3.80. The van der Waals surface area contributed by atoms with Crippen LogP contribution in [-0.4, -0.2) is 19.1 Å². The third kappa shape index (κ3) is 4.27. The Morgan fingerprint density at radius 1 is 1.38 bits per heavy atom. The van der Waals surface area contributed by atoms with Gasteiger partial charge in [-0.15, -0.1) is 0 Å². The van der Waals surface area contributed by atoms with E-state index in [1.807, 2.05) is 0 Å². The predicted molar refractivity (Wildman–Crippen MR) is 86.9 cm³/mol. The summed E-state index contributed by atoms with van der Waals surface area (Å²) in [6.45, 7) is 2.93. The summed E-state index contributed by atoms with van der Waals surface area (Å²) < 4.78 is 5.08. The Kier molecular flexibility index (Phi) is 5.74. The summed E-state index contributed by atoms with van der Waals surface area (Å²) in [4.78, 5) is 12.0. The van der Waals surface area contributed by atoms with E-state index in [0.717, 1.165) is 6.54 Å². The quantitative estimate of drug-likeness (QED) is 0.635. The van der Waals surface area contributed by atoms with Gasteiger partial charge in [-0.05, 0) is 37.8 Å². The molecule has 0 atom stereocenters. The minimum absolute atomic E-state index is 0.327. The van der Waals surface area contributed by atoms with Crippen molar-refractivity contribution < 1.29 is 9.53 Å². The second-order valence-electron chi connectivity index (χ2n) is 5.53. The van der Waals surface area contributed by atoms with Crippen molar-refractivity contribution in [3.8, 4) is 0 Å². The van der Waals surface area contributed by atoms with Crippen LogP contribution < -0.4 is 11.1 Å². The molecular formula is C16H23ClN2O2. The maximum absolute atomic E-state index is 12.0. The summed E-state index contributed by atoms with van der Waals surface area (Å²) in [6, 6.07) is 3.28. The summed E-state index contributed by atoms with van der Waals surface area (Å²) in [5.41, 5.74) is 7.29. The molecule has 0 aliphatic heterocycles. The number of nitrogens with one attached hydrogen (secondary N) is 1. The number of hydrogen-bond acceptors (Lipinski definition) is 4. The highest BCUT2D eigenvalue weighted by atomic mass is 35.5. The van der Waals surface area contributed by atoms with E-state index in [-0.39, 0.29) is 0 Å². The molecule has 0 bridgehead atoms. The summed E-state index contributed by atoms with van der Waals surface area (Å²) in [7, 11) is 0. The number of carbonyl (C=O) groups is 1. The maximum atomic E-state index is 12.0. The highest BCUT2D eigenvalue weighted by Gasteiger charge is 2.19. The minimum atomic E-state index is -0.391. The number of esters is 1. The largest absolute Gasteiger partial charge is 0.462 e. The molecule has 0 heterocycles. The number of rotatable bonds is 5. The van der Waals surface area contributed by atoms with Gasteiger partial charge in [-0.2, -0.15) is 0 Å². The van der Waals surface area contributed by atoms with Gasteiger partial charge < -0.3 is 15.8 Å². The Bertz CT molecular complexity index is 499. The van der Waals surface area contributed by atoms with Crippen LogP contribution in [0.3, 0.4) is 0 Å². The van der Waals surface area contributed by atoms with Crippen molar-refractivity contribution >= 4 is 28.9 Å². The molecule has 0 radical (unpaired) electrons. The molecule has 1 aliphatic carbocycles. The molecule has 0 aromatic heterocycles. The lowest BCUT2D eigenvalue weighted by Crippen LogP contribution is -2.19. The summed E-state index contributed by atoms with van der Waals surface area (Å²) >= 11 is 6.25. The zero-order valence-corrected chi connectivity index (χ0v) is 13.2. The van der Waals surface area contributed by atoms with Crippen LogP contribution in [0, 0.1) is 5.92 Å². The lowest BCUT2D eigenvalue weighted by Gasteiger charge is -2.23. The van der Waals surface area contributed by atoms with E-state index in [2.05, 4.69) is 5.32 Å². The fourth-order valence-corrected chi connectivity index (χ4v) is 3.11. The molecule has 1 aliphatic rings. The monoisotopic (exact) mass is 310 g/mol. The van der Waals surface area contributed by atoms with Gasteiger partial charge in [-0.3, -0.25) is 0 Å². The fourth-order valence-electron chi connectivity index (χ4n) is 2.81. The van der Waals surface area contributed by atoms with Gasteiger partial charge in [0.1, 0.15) is 0 Å². The predicted octanol–water partition coefficient (Wildman–Crippen LogP) is 4.09. The first-order valence-electron chi connectivity index (χ1n) is 7.61. The molecule has 1 saturated carbocycles. The molecular weight excluding hydrogens is 288 g/mol. The van der Waals surface area contributed by atoms with E-state index in [1.165, 1.54) is 32.1 Å². The van der Waals surface area contributed by atoms with Crippen LogP contribution >= 0.6 is 11.6 Å². The lowest BCUT2D eigenvalue weighted by molar-refractivity contribution is 0.0527. The number of carbonyl (C=O) groups excluding carboxylic acids is 1. The zero-order valence-electron chi connectivity index (χ0n) is 12.5. The van der Waals surface area contributed by atoms with Gasteiger partial charge in [-0.25, -0.2) is 4.79 Å². The van der Waals surface area contributed by atoms with Gasteiger partial charge in [0.25, 0.3) is 0 Å². The van der Waals surface area contributed by atoms with Gasteiger partial charge >= 0.3 is 5.97 Å². The van der Waals surface area contributed by atoms with Crippen LogP contribution in [0.25, 0.3) is 0 Å². The number of nitrogen functional groups attached to an aromatic ring is 1. The van der Waals surface area contributed by atoms with Crippen LogP contribution in [0.2, 0.25) is 5.02 Å². The molecule has 1 fully saturated rings. The van der Waals surface area contributed by atoms with Crippen LogP contribution in [0.5, 0.6) is 0 Å². The van der Waals surface area contributed by atoms with Crippen LogP contribution in [0.15, 0.2) is 12.1 Å². The van der Waals surface area contributed by atoms with Gasteiger partial charge in [0.2, 0.25) is 0 Å². The lowest BCUT2D eigenvalue weighted by atomic mass is 9.89. The first kappa shape index (κ1) is 16.0. The second-order valence-corrected chi connectivity index (χ2v) is 5.94. The van der Waals surface area contributed by atoms with Crippen molar-refractivity contribution in [3.05, 3.63) is 22.7 Å². The number of nitrogens with two attached hydrogens (primary N) is 1. The number of ether oxygens (including phenoxy) is 1. The standard InChI is InChI=1S/C16H23ClN2O2/c1-2-21-16(20)13-8-12(18)9-14(17)15(13)19-10-11-6-4-3-5-7-11/h8-9,11,19H,2-7,10,18H2,1H3. The zero-order chi connectivity index (χ0) is 15.2. The van der Waals surface area contributed by atoms with Crippen molar-refractivity contribution in [1.82, 2.24) is 0 Å². The molecule has 2 rings (SSSR count). The molecule has 0 saturated heterocycles. The van der Waals surface area contributed by atoms with Crippen LogP contribution in [0.1, 0.15) is 49.4 Å². The van der Waals surface area contributed by atoms with Crippen molar-refractivity contribution in [2.24, 2.45) is 5.92 Å². The van der Waals surface area contributed by atoms with E-state index in [4.69, 9.17) is 22.1 Å². The molecule has 0 spiro atoms. The van der Waals surface area contributed by atoms with E-state index in [0.29, 0.717) is 34.5 Å². The van der Waals surface area contributed by atoms with Crippen LogP contribution in [0.4, 0.5) is 11.4 Å². The van der Waals surface area contributed by atoms with Gasteiger partial charge in [0, 0.05) is 12.2 Å². The first-order valence-corrected chi connectivity index (χ1v) is 7.99. The van der Waals surface area contributed by atoms with Gasteiger partial charge in [0.15, 0.2) is 0 Å². The highest BCUT2D eigenvalue weighted by molar-refractivity contribution is 6.34. The molecule has 0 unspecified atom stereocenters. The Hall–Kier alpha value is -1.42.